The van der Waals surface area contributed by atoms with E-state index in [1.165, 1.54) is 11.1 Å². The molecule has 1 aliphatic rings. The van der Waals surface area contributed by atoms with Crippen molar-refractivity contribution in [1.82, 2.24) is 29.6 Å². The van der Waals surface area contributed by atoms with E-state index in [0.29, 0.717) is 30.5 Å². The van der Waals surface area contributed by atoms with E-state index in [1.807, 2.05) is 55.3 Å². The van der Waals surface area contributed by atoms with Gasteiger partial charge in [-0.25, -0.2) is 9.97 Å². The fraction of sp³-hybridized carbons (Fsp3) is 0.267. The van der Waals surface area contributed by atoms with Crippen LogP contribution in [0.5, 0.6) is 0 Å². The first-order chi connectivity index (χ1) is 18.4. The molecule has 0 radical (unpaired) electrons. The van der Waals surface area contributed by atoms with Crippen molar-refractivity contribution in [3.63, 3.8) is 0 Å². The highest BCUT2D eigenvalue weighted by molar-refractivity contribution is 5.94. The highest BCUT2D eigenvalue weighted by Crippen LogP contribution is 2.39. The fourth-order valence-electron chi connectivity index (χ4n) is 4.95. The van der Waals surface area contributed by atoms with Gasteiger partial charge in [0.25, 0.3) is 5.91 Å². The van der Waals surface area contributed by atoms with Crippen LogP contribution in [0.15, 0.2) is 67.3 Å². The van der Waals surface area contributed by atoms with E-state index in [1.54, 1.807) is 6.20 Å². The molecule has 8 nitrogen and oxygen atoms in total. The third kappa shape index (κ3) is 4.89. The lowest BCUT2D eigenvalue weighted by molar-refractivity contribution is 0.0946. The lowest BCUT2D eigenvalue weighted by Crippen LogP contribution is -2.23. The molecule has 0 saturated heterocycles. The molecule has 5 aromatic rings. The van der Waals surface area contributed by atoms with E-state index < -0.39 is 0 Å². The smallest absolute Gasteiger partial charge is 0.271 e. The predicted molar refractivity (Wildman–Crippen MR) is 148 cm³/mol. The highest BCUT2D eigenvalue weighted by Gasteiger charge is 2.30. The lowest BCUT2D eigenvalue weighted by atomic mass is 10.0. The largest absolute Gasteiger partial charge is 0.383 e. The molecule has 1 saturated carbocycles. The second-order valence-corrected chi connectivity index (χ2v) is 10.2. The molecule has 38 heavy (non-hydrogen) atoms. The van der Waals surface area contributed by atoms with Crippen LogP contribution in [-0.4, -0.2) is 30.2 Å². The van der Waals surface area contributed by atoms with E-state index in [4.69, 9.17) is 10.7 Å². The van der Waals surface area contributed by atoms with E-state index in [9.17, 15) is 4.79 Å². The molecule has 0 spiro atoms. The molecular weight excluding hydrogens is 474 g/mol. The molecule has 6 rings (SSSR count). The number of carbonyl (C=O) groups is 1. The molecule has 0 aliphatic heterocycles. The summed E-state index contributed by atoms with van der Waals surface area (Å²) in [6.45, 7) is 5.95. The number of nitrogens with two attached hydrogens (primary N) is 1. The Labute approximate surface area is 221 Å². The van der Waals surface area contributed by atoms with Gasteiger partial charge < -0.3 is 15.6 Å². The van der Waals surface area contributed by atoms with Crippen LogP contribution in [-0.2, 0) is 19.6 Å². The Hall–Kier alpha value is -4.46. The average Bonchev–Trinajstić information content (AvgIpc) is 3.55. The monoisotopic (exact) mass is 505 g/mol. The van der Waals surface area contributed by atoms with Gasteiger partial charge in [0.1, 0.15) is 17.3 Å². The summed E-state index contributed by atoms with van der Waals surface area (Å²) in [6, 6.07) is 14.5. The molecule has 3 aromatic heterocycles. The van der Waals surface area contributed by atoms with E-state index in [0.717, 1.165) is 52.7 Å². The van der Waals surface area contributed by atoms with Gasteiger partial charge in [-0.2, -0.15) is 5.10 Å². The molecule has 1 amide bonds. The molecule has 1 fully saturated rings. The van der Waals surface area contributed by atoms with Gasteiger partial charge in [0, 0.05) is 43.0 Å². The van der Waals surface area contributed by atoms with Crippen molar-refractivity contribution in [1.29, 1.82) is 0 Å². The van der Waals surface area contributed by atoms with Gasteiger partial charge in [-0.05, 0) is 66.0 Å². The zero-order valence-corrected chi connectivity index (χ0v) is 21.7. The molecule has 3 N–H and O–H groups in total. The quantitative estimate of drug-likeness (QED) is 0.317. The van der Waals surface area contributed by atoms with E-state index in [2.05, 4.69) is 44.2 Å². The van der Waals surface area contributed by atoms with Gasteiger partial charge in [0.05, 0.1) is 12.7 Å². The van der Waals surface area contributed by atoms with Gasteiger partial charge in [-0.15, -0.1) is 0 Å². The number of imidazole rings is 1. The van der Waals surface area contributed by atoms with Crippen LogP contribution in [0.2, 0.25) is 0 Å². The number of carbonyl (C=O) groups excluding carboxylic acids is 1. The second kappa shape index (κ2) is 9.78. The van der Waals surface area contributed by atoms with Gasteiger partial charge in [0.2, 0.25) is 0 Å². The maximum Gasteiger partial charge on any atom is 0.271 e. The topological polar surface area (TPSA) is 104 Å². The summed E-state index contributed by atoms with van der Waals surface area (Å²) >= 11 is 0. The minimum absolute atomic E-state index is 0.163. The number of hydrogen-bond acceptors (Lipinski definition) is 5. The SMILES string of the molecule is Cc1cnn(Cc2ccc(Cn3cc(C(=O)NCc4ccc5c(N)nccc5c4C)nc3C3CC3)cc2)c1. The Bertz CT molecular complexity index is 1630. The third-order valence-corrected chi connectivity index (χ3v) is 7.26. The molecular formula is C30H31N7O. The number of fused-ring (bicyclic) bond motifs is 1. The number of benzene rings is 2. The van der Waals surface area contributed by atoms with Crippen LogP contribution in [0, 0.1) is 13.8 Å². The summed E-state index contributed by atoms with van der Waals surface area (Å²) in [7, 11) is 0. The summed E-state index contributed by atoms with van der Waals surface area (Å²) in [5.74, 6) is 1.78. The number of hydrogen-bond donors (Lipinski definition) is 2. The van der Waals surface area contributed by atoms with Crippen molar-refractivity contribution in [2.45, 2.75) is 52.2 Å². The molecule has 0 atom stereocenters. The third-order valence-electron chi connectivity index (χ3n) is 7.26. The number of aromatic nitrogens is 5. The summed E-state index contributed by atoms with van der Waals surface area (Å²) in [5.41, 5.74) is 12.2. The second-order valence-electron chi connectivity index (χ2n) is 10.2. The molecule has 0 bridgehead atoms. The zero-order valence-electron chi connectivity index (χ0n) is 21.7. The number of nitrogen functional groups attached to an aromatic ring is 1. The first kappa shape index (κ1) is 23.9. The first-order valence-corrected chi connectivity index (χ1v) is 13.0. The summed E-state index contributed by atoms with van der Waals surface area (Å²) < 4.78 is 4.08. The van der Waals surface area contributed by atoms with Crippen molar-refractivity contribution in [2.24, 2.45) is 0 Å². The van der Waals surface area contributed by atoms with Crippen LogP contribution in [0.1, 0.15) is 62.9 Å². The summed E-state index contributed by atoms with van der Waals surface area (Å²) in [4.78, 5) is 22.0. The number of pyridine rings is 1. The number of anilines is 1. The van der Waals surface area contributed by atoms with Gasteiger partial charge in [-0.1, -0.05) is 36.4 Å². The Morgan fingerprint density at radius 2 is 1.76 bits per heavy atom. The van der Waals surface area contributed by atoms with Crippen molar-refractivity contribution >= 4 is 22.5 Å². The molecule has 2 aromatic carbocycles. The standard InChI is InChI=1S/C30H31N7O/c1-19-13-34-37(15-19)17-22-5-3-21(4-6-22)16-36-18-27(35-29(36)23-7-8-23)30(38)33-14-24-9-10-26-25(20(24)2)11-12-32-28(26)31/h3-6,9-13,15,18,23H,7-8,14,16-17H2,1-2H3,(H2,31,32)(H,33,38). The zero-order chi connectivity index (χ0) is 26.2. The molecule has 8 heteroatoms. The van der Waals surface area contributed by atoms with Crippen LogP contribution >= 0.6 is 0 Å². The Balaban J connectivity index is 1.15. The van der Waals surface area contributed by atoms with Crippen molar-refractivity contribution in [3.8, 4) is 0 Å². The number of amides is 1. The minimum Gasteiger partial charge on any atom is -0.383 e. The Kier molecular flexibility index (Phi) is 6.15. The van der Waals surface area contributed by atoms with Crippen molar-refractivity contribution in [3.05, 3.63) is 107 Å². The maximum atomic E-state index is 13.1. The number of nitrogens with one attached hydrogen (secondary N) is 1. The van der Waals surface area contributed by atoms with Crippen LogP contribution < -0.4 is 11.1 Å². The van der Waals surface area contributed by atoms with Crippen LogP contribution in [0.3, 0.4) is 0 Å². The summed E-state index contributed by atoms with van der Waals surface area (Å²) in [6.07, 6.45) is 9.76. The van der Waals surface area contributed by atoms with E-state index >= 15 is 0 Å². The first-order valence-electron chi connectivity index (χ1n) is 13.0. The normalized spacial score (nSPS) is 13.2. The number of aryl methyl sites for hydroxylation is 2. The molecule has 1 aliphatic carbocycles. The van der Waals surface area contributed by atoms with Gasteiger partial charge in [-0.3, -0.25) is 9.48 Å². The molecule has 3 heterocycles. The van der Waals surface area contributed by atoms with E-state index in [-0.39, 0.29) is 5.91 Å². The molecule has 192 valence electrons. The lowest BCUT2D eigenvalue weighted by Gasteiger charge is -2.11. The Morgan fingerprint density at radius 1 is 1.00 bits per heavy atom. The molecule has 0 unspecified atom stereocenters. The number of rotatable bonds is 8. The van der Waals surface area contributed by atoms with Gasteiger partial charge >= 0.3 is 0 Å². The van der Waals surface area contributed by atoms with Crippen LogP contribution in [0.25, 0.3) is 10.8 Å². The predicted octanol–water partition coefficient (Wildman–Crippen LogP) is 4.73. The van der Waals surface area contributed by atoms with Crippen LogP contribution in [0.4, 0.5) is 5.82 Å². The minimum atomic E-state index is -0.163. The average molecular weight is 506 g/mol. The highest BCUT2D eigenvalue weighted by atomic mass is 16.1. The summed E-state index contributed by atoms with van der Waals surface area (Å²) in [5, 5.41) is 9.41. The Morgan fingerprint density at radius 3 is 2.47 bits per heavy atom. The maximum absolute atomic E-state index is 13.1. The number of nitrogens with zero attached hydrogens (tertiary/aromatic N) is 5. The van der Waals surface area contributed by atoms with Crippen molar-refractivity contribution in [2.75, 3.05) is 5.73 Å². The van der Waals surface area contributed by atoms with Crippen molar-refractivity contribution < 1.29 is 4.79 Å². The van der Waals surface area contributed by atoms with Gasteiger partial charge in [0.15, 0.2) is 0 Å². The fourth-order valence-corrected chi connectivity index (χ4v) is 4.95.